The minimum absolute atomic E-state index is 0.0197. The van der Waals surface area contributed by atoms with Crippen molar-refractivity contribution in [3.63, 3.8) is 0 Å². The number of fused-ring (bicyclic) bond motifs is 2. The van der Waals surface area contributed by atoms with Gasteiger partial charge in [-0.2, -0.15) is 0 Å². The highest BCUT2D eigenvalue weighted by Crippen LogP contribution is 2.38. The number of amides is 3. The molecule has 1 N–H and O–H groups in total. The Kier molecular flexibility index (Phi) is 13.5. The van der Waals surface area contributed by atoms with Crippen LogP contribution in [-0.4, -0.2) is 82.2 Å². The first kappa shape index (κ1) is 38.1. The smallest absolute Gasteiger partial charge is 0.328 e. The second-order valence-electron chi connectivity index (χ2n) is 15.2. The van der Waals surface area contributed by atoms with Crippen LogP contribution in [-0.2, 0) is 41.6 Å². The van der Waals surface area contributed by atoms with Crippen LogP contribution >= 0.6 is 11.8 Å². The summed E-state index contributed by atoms with van der Waals surface area (Å²) >= 11 is 1.70. The van der Waals surface area contributed by atoms with Crippen LogP contribution in [0.2, 0.25) is 0 Å². The van der Waals surface area contributed by atoms with Gasteiger partial charge in [-0.3, -0.25) is 19.2 Å². The predicted octanol–water partition coefficient (Wildman–Crippen LogP) is 6.13. The first-order valence-electron chi connectivity index (χ1n) is 19.6. The average Bonchev–Trinajstić information content (AvgIpc) is 3.43. The van der Waals surface area contributed by atoms with Gasteiger partial charge in [-0.1, -0.05) is 60.7 Å². The number of ether oxygens (including phenoxy) is 1. The summed E-state index contributed by atoms with van der Waals surface area (Å²) in [6, 6.07) is 19.0. The lowest BCUT2D eigenvalue weighted by atomic mass is 9.82. The van der Waals surface area contributed by atoms with Crippen LogP contribution in [0.5, 0.6) is 0 Å². The lowest BCUT2D eigenvalue weighted by Gasteiger charge is -2.40. The molecule has 4 aliphatic heterocycles. The maximum atomic E-state index is 14.4. The molecule has 52 heavy (non-hydrogen) atoms. The molecule has 9 nitrogen and oxygen atoms in total. The van der Waals surface area contributed by atoms with Crippen LogP contribution < -0.4 is 5.32 Å². The molecule has 2 aromatic carbocycles. The van der Waals surface area contributed by atoms with Gasteiger partial charge in [-0.25, -0.2) is 4.79 Å². The first-order valence-corrected chi connectivity index (χ1v) is 20.6. The van der Waals surface area contributed by atoms with Gasteiger partial charge in [0, 0.05) is 36.8 Å². The number of benzene rings is 2. The molecule has 0 aliphatic carbocycles. The van der Waals surface area contributed by atoms with Crippen molar-refractivity contribution in [1.29, 1.82) is 0 Å². The monoisotopic (exact) mass is 729 g/mol. The van der Waals surface area contributed by atoms with E-state index in [0.29, 0.717) is 44.9 Å². The van der Waals surface area contributed by atoms with Crippen molar-refractivity contribution in [3.05, 3.63) is 71.8 Å². The van der Waals surface area contributed by atoms with E-state index in [2.05, 4.69) is 5.32 Å². The number of thioether (sulfide) groups is 1. The SMILES string of the molecule is COC(=O)[C@@H]1CCC[C@@H]2SCC[C@H](CC(=O)[C@H](CC[C@H](Cc3ccccc3)C(=O)N[C@H]3CCC[C@H]4CCCCN4C3=O)Cc3ccccc3)C(=O)N21. The zero-order valence-corrected chi connectivity index (χ0v) is 31.4. The summed E-state index contributed by atoms with van der Waals surface area (Å²) in [5.74, 6) is -1.15. The minimum Gasteiger partial charge on any atom is -0.467 e. The molecule has 0 saturated carbocycles. The molecule has 10 heteroatoms. The standard InChI is InChI=1S/C42H55N3O6S/c1-51-42(50)36-19-11-20-38-45(36)40(48)33(23-25-52-38)28-37(46)31(26-29-12-4-2-5-13-29)21-22-32(27-30-14-6-3-7-15-30)39(47)43-35-18-10-17-34-16-8-9-24-44(34)41(35)49/h2-7,12-15,31-36,38H,8-11,16-28H2,1H3,(H,43,47)/t31-,32-,33-,34-,35+,36+,38+/m1/s1. The van der Waals surface area contributed by atoms with Crippen LogP contribution in [0, 0.1) is 17.8 Å². The highest BCUT2D eigenvalue weighted by atomic mass is 32.2. The Morgan fingerprint density at radius 1 is 0.788 bits per heavy atom. The maximum absolute atomic E-state index is 14.4. The maximum Gasteiger partial charge on any atom is 0.328 e. The molecule has 280 valence electrons. The molecule has 0 bridgehead atoms. The van der Waals surface area contributed by atoms with Gasteiger partial charge < -0.3 is 19.9 Å². The molecule has 4 fully saturated rings. The van der Waals surface area contributed by atoms with Gasteiger partial charge in [0.05, 0.1) is 12.5 Å². The lowest BCUT2D eigenvalue weighted by Crippen LogP contribution is -2.53. The summed E-state index contributed by atoms with van der Waals surface area (Å²) in [6.45, 7) is 0.760. The zero-order valence-electron chi connectivity index (χ0n) is 30.6. The van der Waals surface area contributed by atoms with Gasteiger partial charge in [-0.05, 0) is 107 Å². The van der Waals surface area contributed by atoms with E-state index in [1.165, 1.54) is 7.11 Å². The van der Waals surface area contributed by atoms with Crippen molar-refractivity contribution >= 4 is 41.2 Å². The summed E-state index contributed by atoms with van der Waals surface area (Å²) < 4.78 is 5.09. The quantitative estimate of drug-likeness (QED) is 0.247. The molecule has 0 aromatic heterocycles. The molecule has 0 radical (unpaired) electrons. The molecular formula is C42H55N3O6S. The number of piperidine rings is 2. The first-order chi connectivity index (χ1) is 25.3. The van der Waals surface area contributed by atoms with Gasteiger partial charge >= 0.3 is 5.97 Å². The zero-order chi connectivity index (χ0) is 36.5. The largest absolute Gasteiger partial charge is 0.467 e. The third-order valence-corrected chi connectivity index (χ3v) is 13.1. The number of esters is 1. The van der Waals surface area contributed by atoms with Crippen molar-refractivity contribution in [2.75, 3.05) is 19.4 Å². The Morgan fingerprint density at radius 3 is 2.15 bits per heavy atom. The molecule has 3 amide bonds. The molecular weight excluding hydrogens is 675 g/mol. The lowest BCUT2D eigenvalue weighted by molar-refractivity contribution is -0.157. The van der Waals surface area contributed by atoms with Crippen molar-refractivity contribution in [3.8, 4) is 0 Å². The van der Waals surface area contributed by atoms with Crippen molar-refractivity contribution < 1.29 is 28.7 Å². The van der Waals surface area contributed by atoms with Crippen LogP contribution in [0.15, 0.2) is 60.7 Å². The van der Waals surface area contributed by atoms with E-state index in [-0.39, 0.29) is 47.3 Å². The number of carbonyl (C=O) groups is 5. The topological polar surface area (TPSA) is 113 Å². The number of Topliss-reactive ketones (excluding diaryl/α,β-unsaturated/α-hetero) is 1. The summed E-state index contributed by atoms with van der Waals surface area (Å²) in [4.78, 5) is 72.7. The summed E-state index contributed by atoms with van der Waals surface area (Å²) in [7, 11) is 1.36. The number of methoxy groups -OCH3 is 1. The Hall–Kier alpha value is -3.66. The summed E-state index contributed by atoms with van der Waals surface area (Å²) in [5.41, 5.74) is 2.07. The fraction of sp³-hybridized carbons (Fsp3) is 0.595. The Labute approximate surface area is 313 Å². The molecule has 4 saturated heterocycles. The van der Waals surface area contributed by atoms with E-state index in [0.717, 1.165) is 68.4 Å². The van der Waals surface area contributed by atoms with Gasteiger partial charge in [0.1, 0.15) is 17.9 Å². The average molecular weight is 730 g/mol. The third kappa shape index (κ3) is 9.46. The fourth-order valence-electron chi connectivity index (χ4n) is 8.87. The molecule has 4 heterocycles. The Balaban J connectivity index is 1.18. The number of carbonyl (C=O) groups excluding carboxylic acids is 5. The fourth-order valence-corrected chi connectivity index (χ4v) is 10.3. The molecule has 6 rings (SSSR count). The molecule has 4 aliphatic rings. The second-order valence-corrected chi connectivity index (χ2v) is 16.5. The number of hydrogen-bond acceptors (Lipinski definition) is 7. The van der Waals surface area contributed by atoms with Gasteiger partial charge in [-0.15, -0.1) is 11.8 Å². The second kappa shape index (κ2) is 18.4. The van der Waals surface area contributed by atoms with E-state index in [1.54, 1.807) is 16.7 Å². The van der Waals surface area contributed by atoms with E-state index in [9.17, 15) is 24.0 Å². The van der Waals surface area contributed by atoms with Crippen molar-refractivity contribution in [2.45, 2.75) is 120 Å². The normalized spacial score (nSPS) is 26.2. The Morgan fingerprint density at radius 2 is 1.44 bits per heavy atom. The van der Waals surface area contributed by atoms with Crippen LogP contribution in [0.3, 0.4) is 0 Å². The highest BCUT2D eigenvalue weighted by molar-refractivity contribution is 7.99. The van der Waals surface area contributed by atoms with Gasteiger partial charge in [0.15, 0.2) is 0 Å². The number of ketones is 1. The van der Waals surface area contributed by atoms with Gasteiger partial charge in [0.25, 0.3) is 0 Å². The number of nitrogens with zero attached hydrogens (tertiary/aromatic N) is 2. The van der Waals surface area contributed by atoms with Crippen LogP contribution in [0.25, 0.3) is 0 Å². The number of hydrogen-bond donors (Lipinski definition) is 1. The highest BCUT2D eigenvalue weighted by Gasteiger charge is 2.44. The van der Waals surface area contributed by atoms with E-state index >= 15 is 0 Å². The van der Waals surface area contributed by atoms with Crippen molar-refractivity contribution in [1.82, 2.24) is 15.1 Å². The van der Waals surface area contributed by atoms with Gasteiger partial charge in [0.2, 0.25) is 17.7 Å². The minimum atomic E-state index is -0.613. The summed E-state index contributed by atoms with van der Waals surface area (Å²) in [6.07, 6.45) is 10.7. The molecule has 0 unspecified atom stereocenters. The van der Waals surface area contributed by atoms with Crippen molar-refractivity contribution in [2.24, 2.45) is 17.8 Å². The van der Waals surface area contributed by atoms with E-state index in [4.69, 9.17) is 4.74 Å². The molecule has 2 aromatic rings. The van der Waals surface area contributed by atoms with E-state index < -0.39 is 29.9 Å². The van der Waals surface area contributed by atoms with Crippen LogP contribution in [0.1, 0.15) is 94.6 Å². The predicted molar refractivity (Wildman–Crippen MR) is 202 cm³/mol. The molecule has 7 atom stereocenters. The van der Waals surface area contributed by atoms with Crippen LogP contribution in [0.4, 0.5) is 0 Å². The molecule has 0 spiro atoms. The number of rotatable bonds is 13. The van der Waals surface area contributed by atoms with E-state index in [1.807, 2.05) is 65.6 Å². The third-order valence-electron chi connectivity index (χ3n) is 11.8. The number of nitrogens with one attached hydrogen (secondary N) is 1. The summed E-state index contributed by atoms with van der Waals surface area (Å²) in [5, 5.41) is 3.10. The Bertz CT molecular complexity index is 1540.